The Hall–Kier alpha value is -0.670. The van der Waals surface area contributed by atoms with E-state index in [4.69, 9.17) is 4.98 Å². The van der Waals surface area contributed by atoms with Crippen molar-refractivity contribution in [2.45, 2.75) is 55.4 Å². The molecule has 0 amide bonds. The molecule has 3 saturated heterocycles. The molecule has 1 aromatic heterocycles. The molecule has 4 heterocycles. The van der Waals surface area contributed by atoms with Crippen LogP contribution in [0.4, 0.5) is 5.95 Å². The van der Waals surface area contributed by atoms with E-state index in [0.717, 1.165) is 51.9 Å². The maximum atomic E-state index is 12.3. The number of hydrogen-bond donors (Lipinski definition) is 1. The van der Waals surface area contributed by atoms with Crippen LogP contribution in [0.3, 0.4) is 0 Å². The van der Waals surface area contributed by atoms with Crippen LogP contribution >= 0.6 is 24.8 Å². The Morgan fingerprint density at radius 1 is 1.03 bits per heavy atom. The molecule has 3 aliphatic rings. The second-order valence-corrected chi connectivity index (χ2v) is 10.2. The van der Waals surface area contributed by atoms with Crippen molar-refractivity contribution in [3.8, 4) is 0 Å². The summed E-state index contributed by atoms with van der Waals surface area (Å²) in [5, 5.41) is 3.37. The average molecular weight is 466 g/mol. The third-order valence-electron chi connectivity index (χ3n) is 6.26. The van der Waals surface area contributed by atoms with Crippen LogP contribution in [0.5, 0.6) is 0 Å². The number of aromatic nitrogens is 2. The summed E-state index contributed by atoms with van der Waals surface area (Å²) in [7, 11) is -3.33. The highest BCUT2D eigenvalue weighted by molar-refractivity contribution is 7.90. The van der Waals surface area contributed by atoms with Crippen molar-refractivity contribution in [3.05, 3.63) is 11.9 Å². The Balaban J connectivity index is 0.00000150. The van der Waals surface area contributed by atoms with Crippen molar-refractivity contribution in [1.29, 1.82) is 0 Å². The van der Waals surface area contributed by atoms with Gasteiger partial charge in [0.2, 0.25) is 5.95 Å². The number of hydrogen-bond acceptors (Lipinski definition) is 7. The zero-order valence-electron chi connectivity index (χ0n) is 17.0. The van der Waals surface area contributed by atoms with Gasteiger partial charge < -0.3 is 15.1 Å². The largest absolute Gasteiger partial charge is 0.341 e. The maximum Gasteiger partial charge on any atom is 0.225 e. The number of rotatable bonds is 4. The molecule has 3 aliphatic heterocycles. The van der Waals surface area contributed by atoms with E-state index in [9.17, 15) is 8.42 Å². The van der Waals surface area contributed by atoms with E-state index in [-0.39, 0.29) is 30.7 Å². The van der Waals surface area contributed by atoms with Crippen LogP contribution in [-0.2, 0) is 9.84 Å². The van der Waals surface area contributed by atoms with Crippen LogP contribution in [0.1, 0.15) is 50.1 Å². The smallest absolute Gasteiger partial charge is 0.225 e. The van der Waals surface area contributed by atoms with Crippen molar-refractivity contribution >= 4 is 40.6 Å². The molecule has 0 saturated carbocycles. The van der Waals surface area contributed by atoms with Gasteiger partial charge in [0, 0.05) is 37.8 Å². The average Bonchev–Trinajstić information content (AvgIpc) is 3.22. The lowest BCUT2D eigenvalue weighted by molar-refractivity contribution is 0.207. The number of nitrogens with one attached hydrogen (secondary N) is 1. The van der Waals surface area contributed by atoms with E-state index >= 15 is 0 Å². The molecule has 0 aliphatic carbocycles. The predicted molar refractivity (Wildman–Crippen MR) is 121 cm³/mol. The molecule has 1 aromatic rings. The number of piperidine rings is 2. The molecule has 1 unspecified atom stereocenters. The molecule has 4 rings (SSSR count). The SMILES string of the molecule is CS(=O)(=O)c1cnc(N2CCC(N3CCCC3)CC2)nc1C1CCCNC1.Cl.Cl. The molecular formula is C19H33Cl2N5O2S. The van der Waals surface area contributed by atoms with Gasteiger partial charge in [-0.1, -0.05) is 0 Å². The van der Waals surface area contributed by atoms with E-state index in [0.29, 0.717) is 22.6 Å². The van der Waals surface area contributed by atoms with E-state index in [1.54, 1.807) is 0 Å². The minimum absolute atomic E-state index is 0. The molecule has 3 fully saturated rings. The van der Waals surface area contributed by atoms with Gasteiger partial charge in [-0.15, -0.1) is 24.8 Å². The molecule has 0 aromatic carbocycles. The van der Waals surface area contributed by atoms with Gasteiger partial charge in [0.25, 0.3) is 0 Å². The summed E-state index contributed by atoms with van der Waals surface area (Å²) in [4.78, 5) is 14.4. The van der Waals surface area contributed by atoms with Gasteiger partial charge >= 0.3 is 0 Å². The molecule has 0 radical (unpaired) electrons. The minimum atomic E-state index is -3.33. The molecule has 166 valence electrons. The topological polar surface area (TPSA) is 78.4 Å². The van der Waals surface area contributed by atoms with Gasteiger partial charge in [-0.2, -0.15) is 0 Å². The van der Waals surface area contributed by atoms with Gasteiger partial charge in [-0.05, 0) is 58.2 Å². The summed E-state index contributed by atoms with van der Waals surface area (Å²) in [5.41, 5.74) is 0.705. The first-order valence-corrected chi connectivity index (χ1v) is 12.2. The van der Waals surface area contributed by atoms with Gasteiger partial charge in [0.05, 0.1) is 11.9 Å². The lowest BCUT2D eigenvalue weighted by atomic mass is 9.96. The summed E-state index contributed by atoms with van der Waals surface area (Å²) in [5.74, 6) is 0.843. The van der Waals surface area contributed by atoms with Gasteiger partial charge in [-0.25, -0.2) is 18.4 Å². The number of halogens is 2. The van der Waals surface area contributed by atoms with E-state index in [1.165, 1.54) is 38.4 Å². The van der Waals surface area contributed by atoms with E-state index < -0.39 is 9.84 Å². The van der Waals surface area contributed by atoms with Crippen molar-refractivity contribution in [1.82, 2.24) is 20.2 Å². The summed E-state index contributed by atoms with van der Waals surface area (Å²) >= 11 is 0. The molecular weight excluding hydrogens is 433 g/mol. The lowest BCUT2D eigenvalue weighted by Crippen LogP contribution is -2.44. The van der Waals surface area contributed by atoms with Gasteiger partial charge in [0.15, 0.2) is 9.84 Å². The highest BCUT2D eigenvalue weighted by Crippen LogP contribution is 2.30. The Bertz CT molecular complexity index is 760. The summed E-state index contributed by atoms with van der Waals surface area (Å²) < 4.78 is 24.5. The highest BCUT2D eigenvalue weighted by atomic mass is 35.5. The quantitative estimate of drug-likeness (QED) is 0.729. The fraction of sp³-hybridized carbons (Fsp3) is 0.789. The molecule has 0 spiro atoms. The fourth-order valence-electron chi connectivity index (χ4n) is 4.73. The molecule has 7 nitrogen and oxygen atoms in total. The first-order valence-electron chi connectivity index (χ1n) is 10.3. The van der Waals surface area contributed by atoms with Crippen LogP contribution in [0.2, 0.25) is 0 Å². The van der Waals surface area contributed by atoms with Gasteiger partial charge in [-0.3, -0.25) is 0 Å². The van der Waals surface area contributed by atoms with E-state index in [2.05, 4.69) is 20.1 Å². The number of nitrogens with zero attached hydrogens (tertiary/aromatic N) is 4. The van der Waals surface area contributed by atoms with Crippen LogP contribution < -0.4 is 10.2 Å². The Labute approximate surface area is 186 Å². The van der Waals surface area contributed by atoms with E-state index in [1.807, 2.05) is 0 Å². The first kappa shape index (κ1) is 24.6. The van der Waals surface area contributed by atoms with Crippen molar-refractivity contribution in [2.75, 3.05) is 50.4 Å². The van der Waals surface area contributed by atoms with Gasteiger partial charge in [0.1, 0.15) is 4.90 Å². The summed E-state index contributed by atoms with van der Waals surface area (Å²) in [6.07, 6.45) is 9.75. The van der Waals surface area contributed by atoms with Crippen LogP contribution in [0.25, 0.3) is 0 Å². The Morgan fingerprint density at radius 3 is 2.31 bits per heavy atom. The standard InChI is InChI=1S/C19H31N5O2S.2ClH/c1-27(25,26)17-14-21-19(22-18(17)15-5-4-8-20-13-15)24-11-6-16(7-12-24)23-9-2-3-10-23;;/h14-16,20H,2-13H2,1H3;2*1H. The second-order valence-electron chi connectivity index (χ2n) is 8.20. The second kappa shape index (κ2) is 10.6. The molecule has 1 atom stereocenters. The Kier molecular flexibility index (Phi) is 8.97. The van der Waals surface area contributed by atoms with Crippen LogP contribution in [-0.4, -0.2) is 74.9 Å². The molecule has 1 N–H and O–H groups in total. The van der Waals surface area contributed by atoms with Crippen LogP contribution in [0.15, 0.2) is 11.1 Å². The highest BCUT2D eigenvalue weighted by Gasteiger charge is 2.29. The summed E-state index contributed by atoms with van der Waals surface area (Å²) in [6, 6.07) is 0.682. The maximum absolute atomic E-state index is 12.3. The monoisotopic (exact) mass is 465 g/mol. The third kappa shape index (κ3) is 5.73. The van der Waals surface area contributed by atoms with Crippen molar-refractivity contribution in [2.24, 2.45) is 0 Å². The number of anilines is 1. The summed E-state index contributed by atoms with van der Waals surface area (Å²) in [6.45, 7) is 6.15. The van der Waals surface area contributed by atoms with Crippen molar-refractivity contribution < 1.29 is 8.42 Å². The zero-order chi connectivity index (χ0) is 18.9. The Morgan fingerprint density at radius 2 is 1.72 bits per heavy atom. The third-order valence-corrected chi connectivity index (χ3v) is 7.37. The molecule has 10 heteroatoms. The minimum Gasteiger partial charge on any atom is -0.341 e. The molecule has 0 bridgehead atoms. The lowest BCUT2D eigenvalue weighted by Gasteiger charge is -2.37. The number of likely N-dealkylation sites (tertiary alicyclic amines) is 1. The zero-order valence-corrected chi connectivity index (χ0v) is 19.5. The normalized spacial score (nSPS) is 24.0. The predicted octanol–water partition coefficient (Wildman–Crippen LogP) is 2.26. The fourth-order valence-corrected chi connectivity index (χ4v) is 5.56. The first-order chi connectivity index (χ1) is 13.0. The molecule has 29 heavy (non-hydrogen) atoms. The van der Waals surface area contributed by atoms with Crippen molar-refractivity contribution in [3.63, 3.8) is 0 Å². The van der Waals surface area contributed by atoms with Crippen LogP contribution in [0, 0.1) is 0 Å². The number of sulfone groups is 1.